The Bertz CT molecular complexity index is 892. The lowest BCUT2D eigenvalue weighted by Gasteiger charge is -2.37. The fourth-order valence-electron chi connectivity index (χ4n) is 4.44. The number of ether oxygens (including phenoxy) is 2. The number of methoxy groups -OCH3 is 2. The number of carbonyl (C=O) groups excluding carboxylic acids is 2. The van der Waals surface area contributed by atoms with Crippen LogP contribution in [0.2, 0.25) is 0 Å². The molecule has 4 aliphatic rings. The van der Waals surface area contributed by atoms with E-state index in [1.807, 2.05) is 12.2 Å². The second-order valence-corrected chi connectivity index (χ2v) is 7.10. The Labute approximate surface area is 160 Å². The highest BCUT2D eigenvalue weighted by Gasteiger charge is 2.56. The van der Waals surface area contributed by atoms with Crippen molar-refractivity contribution < 1.29 is 24.0 Å². The normalized spacial score (nSPS) is 28.1. The highest BCUT2D eigenvalue weighted by molar-refractivity contribution is 6.06. The summed E-state index contributed by atoms with van der Waals surface area (Å²) >= 11 is 0. The third kappa shape index (κ3) is 2.65. The quantitative estimate of drug-likeness (QED) is 0.252. The number of hydrogen-bond donors (Lipinski definition) is 0. The van der Waals surface area contributed by atoms with E-state index < -0.39 is 4.92 Å². The first-order chi connectivity index (χ1) is 13.5. The molecule has 1 aliphatic heterocycles. The molecule has 0 N–H and O–H groups in total. The first-order valence-electron chi connectivity index (χ1n) is 8.96. The molecule has 1 aromatic carbocycles. The maximum absolute atomic E-state index is 12.8. The summed E-state index contributed by atoms with van der Waals surface area (Å²) in [5.41, 5.74) is 0.00584. The molecule has 0 radical (unpaired) electrons. The second-order valence-electron chi connectivity index (χ2n) is 7.10. The van der Waals surface area contributed by atoms with Crippen LogP contribution in [0, 0.1) is 33.8 Å². The molecule has 2 bridgehead atoms. The molecule has 1 aromatic rings. The number of fused-ring (bicyclic) bond motifs is 1. The van der Waals surface area contributed by atoms with Gasteiger partial charge in [0.05, 0.1) is 37.2 Å². The molecular formula is C19H19N3O6. The minimum Gasteiger partial charge on any atom is -0.496 e. The van der Waals surface area contributed by atoms with Crippen LogP contribution in [0.4, 0.5) is 5.69 Å². The molecule has 9 heteroatoms. The van der Waals surface area contributed by atoms with Gasteiger partial charge in [0.2, 0.25) is 5.75 Å². The topological polar surface area (TPSA) is 111 Å². The summed E-state index contributed by atoms with van der Waals surface area (Å²) in [6.45, 7) is 0. The number of benzene rings is 1. The van der Waals surface area contributed by atoms with E-state index in [0.717, 1.165) is 17.9 Å². The molecule has 28 heavy (non-hydrogen) atoms. The Morgan fingerprint density at radius 2 is 1.64 bits per heavy atom. The van der Waals surface area contributed by atoms with Gasteiger partial charge in [-0.3, -0.25) is 19.7 Å². The number of carbonyl (C=O) groups is 2. The molecule has 1 heterocycles. The molecule has 4 unspecified atom stereocenters. The van der Waals surface area contributed by atoms with E-state index in [9.17, 15) is 19.7 Å². The van der Waals surface area contributed by atoms with Crippen molar-refractivity contribution in [2.75, 3.05) is 14.2 Å². The molecule has 5 rings (SSSR count). The Morgan fingerprint density at radius 1 is 1.07 bits per heavy atom. The number of nitro benzene ring substituents is 1. The Hall–Kier alpha value is -3.23. The summed E-state index contributed by atoms with van der Waals surface area (Å²) in [5.74, 6) is -0.877. The lowest BCUT2D eigenvalue weighted by atomic mass is 9.63. The van der Waals surface area contributed by atoms with Crippen LogP contribution in [-0.2, 0) is 9.59 Å². The van der Waals surface area contributed by atoms with Gasteiger partial charge in [-0.2, -0.15) is 10.1 Å². The number of hydrazone groups is 1. The molecule has 3 aliphatic carbocycles. The van der Waals surface area contributed by atoms with Crippen molar-refractivity contribution in [3.8, 4) is 11.5 Å². The Kier molecular flexibility index (Phi) is 4.37. The first-order valence-corrected chi connectivity index (χ1v) is 8.96. The summed E-state index contributed by atoms with van der Waals surface area (Å²) in [7, 11) is 2.73. The number of amides is 2. The number of allylic oxidation sites excluding steroid dienone is 2. The monoisotopic (exact) mass is 385 g/mol. The fraction of sp³-hybridized carbons (Fsp3) is 0.421. The standard InChI is InChI=1S/C19H19N3O6/c1-27-14-8-15(28-2)13(22(25)26)7-12(14)9-20-21-18(23)16-10-3-4-11(6-5-10)17(16)19(21)24/h3-4,7-11,16-17H,5-6H2,1-2H3/b20-9+. The summed E-state index contributed by atoms with van der Waals surface area (Å²) in [6, 6.07) is 2.61. The average Bonchev–Trinajstić information content (AvgIpc) is 2.98. The van der Waals surface area contributed by atoms with Crippen LogP contribution in [0.15, 0.2) is 29.4 Å². The first kappa shape index (κ1) is 18.1. The summed E-state index contributed by atoms with van der Waals surface area (Å²) in [4.78, 5) is 36.3. The predicted octanol–water partition coefficient (Wildman–Crippen LogP) is 2.14. The molecule has 4 atom stereocenters. The molecular weight excluding hydrogens is 366 g/mol. The van der Waals surface area contributed by atoms with Crippen molar-refractivity contribution in [1.29, 1.82) is 0 Å². The van der Waals surface area contributed by atoms with E-state index in [4.69, 9.17) is 9.47 Å². The molecule has 2 fully saturated rings. The van der Waals surface area contributed by atoms with Crippen LogP contribution in [0.1, 0.15) is 18.4 Å². The van der Waals surface area contributed by atoms with Gasteiger partial charge in [0.1, 0.15) is 5.75 Å². The lowest BCUT2D eigenvalue weighted by molar-refractivity contribution is -0.385. The van der Waals surface area contributed by atoms with Crippen LogP contribution >= 0.6 is 0 Å². The van der Waals surface area contributed by atoms with Crippen molar-refractivity contribution in [1.82, 2.24) is 5.01 Å². The number of rotatable bonds is 5. The van der Waals surface area contributed by atoms with Gasteiger partial charge in [0.15, 0.2) is 0 Å². The zero-order valence-electron chi connectivity index (χ0n) is 15.4. The maximum Gasteiger partial charge on any atom is 0.311 e. The third-order valence-electron chi connectivity index (χ3n) is 5.78. The number of nitrogens with zero attached hydrogens (tertiary/aromatic N) is 3. The smallest absolute Gasteiger partial charge is 0.311 e. The number of imide groups is 1. The number of hydrogen-bond acceptors (Lipinski definition) is 7. The van der Waals surface area contributed by atoms with Crippen LogP contribution in [-0.4, -0.2) is 42.2 Å². The van der Waals surface area contributed by atoms with E-state index in [1.54, 1.807) is 0 Å². The highest BCUT2D eigenvalue weighted by Crippen LogP contribution is 2.49. The van der Waals surface area contributed by atoms with Gasteiger partial charge >= 0.3 is 5.69 Å². The van der Waals surface area contributed by atoms with Crippen molar-refractivity contribution in [2.24, 2.45) is 28.8 Å². The maximum atomic E-state index is 12.8. The zero-order valence-corrected chi connectivity index (χ0v) is 15.4. The highest BCUT2D eigenvalue weighted by atomic mass is 16.6. The lowest BCUT2D eigenvalue weighted by Crippen LogP contribution is -2.38. The minimum atomic E-state index is -0.584. The predicted molar refractivity (Wildman–Crippen MR) is 98.0 cm³/mol. The van der Waals surface area contributed by atoms with E-state index in [0.29, 0.717) is 0 Å². The van der Waals surface area contributed by atoms with Gasteiger partial charge in [-0.1, -0.05) is 12.2 Å². The third-order valence-corrected chi connectivity index (χ3v) is 5.78. The van der Waals surface area contributed by atoms with Gasteiger partial charge in [0, 0.05) is 17.7 Å². The van der Waals surface area contributed by atoms with Crippen molar-refractivity contribution >= 4 is 23.7 Å². The van der Waals surface area contributed by atoms with Gasteiger partial charge in [-0.15, -0.1) is 0 Å². The van der Waals surface area contributed by atoms with E-state index in [2.05, 4.69) is 5.10 Å². The van der Waals surface area contributed by atoms with Crippen molar-refractivity contribution in [3.63, 3.8) is 0 Å². The summed E-state index contributed by atoms with van der Waals surface area (Å²) < 4.78 is 10.3. The van der Waals surface area contributed by atoms with Crippen LogP contribution < -0.4 is 9.47 Å². The molecule has 0 aromatic heterocycles. The molecule has 1 saturated carbocycles. The fourth-order valence-corrected chi connectivity index (χ4v) is 4.44. The van der Waals surface area contributed by atoms with Crippen LogP contribution in [0.3, 0.4) is 0 Å². The molecule has 0 spiro atoms. The van der Waals surface area contributed by atoms with E-state index in [-0.39, 0.29) is 58.2 Å². The Balaban J connectivity index is 1.66. The van der Waals surface area contributed by atoms with Gasteiger partial charge in [-0.25, -0.2) is 0 Å². The Morgan fingerprint density at radius 3 is 2.11 bits per heavy atom. The van der Waals surface area contributed by atoms with Gasteiger partial charge < -0.3 is 9.47 Å². The largest absolute Gasteiger partial charge is 0.496 e. The number of nitro groups is 1. The molecule has 9 nitrogen and oxygen atoms in total. The van der Waals surface area contributed by atoms with Gasteiger partial charge in [-0.05, 0) is 24.7 Å². The minimum absolute atomic E-state index is 0.0426. The van der Waals surface area contributed by atoms with Gasteiger partial charge in [0.25, 0.3) is 11.8 Å². The van der Waals surface area contributed by atoms with E-state index >= 15 is 0 Å². The summed E-state index contributed by atoms with van der Waals surface area (Å²) in [5, 5.41) is 16.2. The molecule has 1 saturated heterocycles. The molecule has 146 valence electrons. The van der Waals surface area contributed by atoms with E-state index in [1.165, 1.54) is 32.6 Å². The second kappa shape index (κ2) is 6.74. The van der Waals surface area contributed by atoms with Crippen LogP contribution in [0.5, 0.6) is 11.5 Å². The average molecular weight is 385 g/mol. The van der Waals surface area contributed by atoms with Crippen LogP contribution in [0.25, 0.3) is 0 Å². The van der Waals surface area contributed by atoms with Crippen molar-refractivity contribution in [3.05, 3.63) is 40.0 Å². The SMILES string of the molecule is COc1cc(OC)c([N+](=O)[O-])cc1/C=N/N1C(=O)C2C3C=CC(CC3)C2C1=O. The van der Waals surface area contributed by atoms with Crippen molar-refractivity contribution in [2.45, 2.75) is 12.8 Å². The zero-order chi connectivity index (χ0) is 20.0. The molecule has 2 amide bonds. The summed E-state index contributed by atoms with van der Waals surface area (Å²) in [6.07, 6.45) is 7.11.